The molecule has 21 heavy (non-hydrogen) atoms. The SMILES string of the molecule is CCOc1cccc(NC(=O)NCC2(O)CCCCC2)c1. The summed E-state index contributed by atoms with van der Waals surface area (Å²) in [6.45, 7) is 2.80. The minimum absolute atomic E-state index is 0.296. The number of urea groups is 1. The van der Waals surface area contributed by atoms with Crippen LogP contribution in [0.25, 0.3) is 0 Å². The van der Waals surface area contributed by atoms with Crippen LogP contribution >= 0.6 is 0 Å². The smallest absolute Gasteiger partial charge is 0.319 e. The van der Waals surface area contributed by atoms with Gasteiger partial charge in [-0.15, -0.1) is 0 Å². The number of aliphatic hydroxyl groups is 1. The van der Waals surface area contributed by atoms with Crippen molar-refractivity contribution in [3.8, 4) is 5.75 Å². The molecule has 0 bridgehead atoms. The van der Waals surface area contributed by atoms with E-state index in [0.717, 1.165) is 31.4 Å². The molecule has 5 heteroatoms. The maximum absolute atomic E-state index is 11.9. The zero-order valence-corrected chi connectivity index (χ0v) is 12.5. The minimum Gasteiger partial charge on any atom is -0.494 e. The highest BCUT2D eigenvalue weighted by Crippen LogP contribution is 2.27. The van der Waals surface area contributed by atoms with Crippen LogP contribution in [0.15, 0.2) is 24.3 Å². The van der Waals surface area contributed by atoms with Gasteiger partial charge in [0.1, 0.15) is 5.75 Å². The Morgan fingerprint density at radius 3 is 2.81 bits per heavy atom. The van der Waals surface area contributed by atoms with Gasteiger partial charge in [-0.1, -0.05) is 25.3 Å². The van der Waals surface area contributed by atoms with Crippen molar-refractivity contribution >= 4 is 11.7 Å². The quantitative estimate of drug-likeness (QED) is 0.781. The van der Waals surface area contributed by atoms with Crippen LogP contribution in [-0.4, -0.2) is 29.9 Å². The Hall–Kier alpha value is -1.75. The van der Waals surface area contributed by atoms with E-state index in [1.54, 1.807) is 12.1 Å². The molecule has 1 aromatic rings. The number of hydrogen-bond acceptors (Lipinski definition) is 3. The first-order valence-corrected chi connectivity index (χ1v) is 7.61. The Balaban J connectivity index is 1.82. The number of ether oxygens (including phenoxy) is 1. The van der Waals surface area contributed by atoms with Gasteiger partial charge in [0.2, 0.25) is 0 Å². The summed E-state index contributed by atoms with van der Waals surface area (Å²) >= 11 is 0. The fourth-order valence-electron chi connectivity index (χ4n) is 2.64. The first-order chi connectivity index (χ1) is 10.1. The van der Waals surface area contributed by atoms with Gasteiger partial charge in [-0.05, 0) is 31.9 Å². The zero-order valence-electron chi connectivity index (χ0n) is 12.5. The molecule has 1 aromatic carbocycles. The summed E-state index contributed by atoms with van der Waals surface area (Å²) < 4.78 is 5.39. The van der Waals surface area contributed by atoms with Crippen LogP contribution in [0.3, 0.4) is 0 Å². The zero-order chi connectivity index (χ0) is 15.1. The van der Waals surface area contributed by atoms with Gasteiger partial charge in [0.15, 0.2) is 0 Å². The lowest BCUT2D eigenvalue weighted by Gasteiger charge is -2.32. The van der Waals surface area contributed by atoms with Crippen molar-refractivity contribution < 1.29 is 14.6 Å². The molecule has 0 atom stereocenters. The number of rotatable bonds is 5. The van der Waals surface area contributed by atoms with Gasteiger partial charge < -0.3 is 20.5 Å². The monoisotopic (exact) mass is 292 g/mol. The lowest BCUT2D eigenvalue weighted by atomic mass is 9.85. The summed E-state index contributed by atoms with van der Waals surface area (Å²) in [5, 5.41) is 15.8. The highest BCUT2D eigenvalue weighted by atomic mass is 16.5. The Labute approximate surface area is 125 Å². The highest BCUT2D eigenvalue weighted by Gasteiger charge is 2.29. The van der Waals surface area contributed by atoms with Gasteiger partial charge in [0.25, 0.3) is 0 Å². The second-order valence-corrected chi connectivity index (χ2v) is 5.55. The van der Waals surface area contributed by atoms with E-state index in [1.165, 1.54) is 6.42 Å². The van der Waals surface area contributed by atoms with Crippen LogP contribution in [0.1, 0.15) is 39.0 Å². The molecule has 1 fully saturated rings. The van der Waals surface area contributed by atoms with E-state index in [-0.39, 0.29) is 6.03 Å². The number of nitrogens with one attached hydrogen (secondary N) is 2. The third-order valence-corrected chi connectivity index (χ3v) is 3.77. The second kappa shape index (κ2) is 7.31. The molecular weight excluding hydrogens is 268 g/mol. The fraction of sp³-hybridized carbons (Fsp3) is 0.562. The lowest BCUT2D eigenvalue weighted by Crippen LogP contribution is -2.45. The van der Waals surface area contributed by atoms with E-state index in [1.807, 2.05) is 19.1 Å². The van der Waals surface area contributed by atoms with Gasteiger partial charge in [-0.3, -0.25) is 0 Å². The van der Waals surface area contributed by atoms with E-state index in [9.17, 15) is 9.90 Å². The summed E-state index contributed by atoms with van der Waals surface area (Å²) in [5.74, 6) is 0.723. The number of carbonyl (C=O) groups is 1. The molecular formula is C16H24N2O3. The van der Waals surface area contributed by atoms with Crippen molar-refractivity contribution in [2.75, 3.05) is 18.5 Å². The first kappa shape index (κ1) is 15.6. The molecule has 1 aliphatic rings. The Morgan fingerprint density at radius 2 is 2.10 bits per heavy atom. The van der Waals surface area contributed by atoms with E-state index < -0.39 is 5.60 Å². The molecule has 1 aliphatic carbocycles. The maximum Gasteiger partial charge on any atom is 0.319 e. The van der Waals surface area contributed by atoms with E-state index in [2.05, 4.69) is 10.6 Å². The molecule has 2 rings (SSSR count). The molecule has 2 amide bonds. The van der Waals surface area contributed by atoms with Crippen molar-refractivity contribution in [3.63, 3.8) is 0 Å². The van der Waals surface area contributed by atoms with E-state index in [4.69, 9.17) is 4.74 Å². The van der Waals surface area contributed by atoms with Crippen LogP contribution in [0, 0.1) is 0 Å². The topological polar surface area (TPSA) is 70.6 Å². The second-order valence-electron chi connectivity index (χ2n) is 5.55. The van der Waals surface area contributed by atoms with Crippen LogP contribution in [-0.2, 0) is 0 Å². The highest BCUT2D eigenvalue weighted by molar-refractivity contribution is 5.89. The molecule has 0 aliphatic heterocycles. The van der Waals surface area contributed by atoms with E-state index >= 15 is 0 Å². The molecule has 116 valence electrons. The number of carbonyl (C=O) groups excluding carboxylic acids is 1. The summed E-state index contributed by atoms with van der Waals surface area (Å²) in [5.41, 5.74) is -0.0722. The molecule has 1 saturated carbocycles. The summed E-state index contributed by atoms with van der Waals surface area (Å²) in [6.07, 6.45) is 4.73. The lowest BCUT2D eigenvalue weighted by molar-refractivity contribution is 0.00755. The fourth-order valence-corrected chi connectivity index (χ4v) is 2.64. The third-order valence-electron chi connectivity index (χ3n) is 3.77. The summed E-state index contributed by atoms with van der Waals surface area (Å²) in [6, 6.07) is 6.95. The number of anilines is 1. The minimum atomic E-state index is -0.747. The molecule has 0 saturated heterocycles. The van der Waals surface area contributed by atoms with Crippen molar-refractivity contribution in [3.05, 3.63) is 24.3 Å². The first-order valence-electron chi connectivity index (χ1n) is 7.61. The molecule has 0 radical (unpaired) electrons. The standard InChI is InChI=1S/C16H24N2O3/c1-2-21-14-8-6-7-13(11-14)18-15(19)17-12-16(20)9-4-3-5-10-16/h6-8,11,20H,2-5,9-10,12H2,1H3,(H2,17,18,19). The van der Waals surface area contributed by atoms with Crippen LogP contribution in [0.5, 0.6) is 5.75 Å². The molecule has 0 aromatic heterocycles. The maximum atomic E-state index is 11.9. The largest absolute Gasteiger partial charge is 0.494 e. The van der Waals surface area contributed by atoms with Gasteiger partial charge >= 0.3 is 6.03 Å². The Kier molecular flexibility index (Phi) is 5.44. The molecule has 5 nitrogen and oxygen atoms in total. The summed E-state index contributed by atoms with van der Waals surface area (Å²) in [7, 11) is 0. The number of amides is 2. The molecule has 0 unspecified atom stereocenters. The Bertz CT molecular complexity index is 470. The van der Waals surface area contributed by atoms with Crippen molar-refractivity contribution in [2.24, 2.45) is 0 Å². The van der Waals surface area contributed by atoms with Gasteiger partial charge in [0.05, 0.1) is 12.2 Å². The third kappa shape index (κ3) is 4.93. The number of benzene rings is 1. The molecule has 0 heterocycles. The predicted octanol–water partition coefficient (Wildman–Crippen LogP) is 2.90. The van der Waals surface area contributed by atoms with Crippen molar-refractivity contribution in [2.45, 2.75) is 44.6 Å². The number of hydrogen-bond donors (Lipinski definition) is 3. The summed E-state index contributed by atoms with van der Waals surface area (Å²) in [4.78, 5) is 11.9. The average Bonchev–Trinajstić information content (AvgIpc) is 2.47. The predicted molar refractivity (Wildman–Crippen MR) is 82.7 cm³/mol. The van der Waals surface area contributed by atoms with E-state index in [0.29, 0.717) is 18.8 Å². The van der Waals surface area contributed by atoms with Gasteiger partial charge in [0, 0.05) is 18.3 Å². The van der Waals surface area contributed by atoms with Crippen molar-refractivity contribution in [1.29, 1.82) is 0 Å². The van der Waals surface area contributed by atoms with Gasteiger partial charge in [-0.25, -0.2) is 4.79 Å². The Morgan fingerprint density at radius 1 is 1.33 bits per heavy atom. The molecule has 3 N–H and O–H groups in total. The average molecular weight is 292 g/mol. The molecule has 0 spiro atoms. The van der Waals surface area contributed by atoms with Crippen LogP contribution in [0.2, 0.25) is 0 Å². The van der Waals surface area contributed by atoms with Crippen LogP contribution < -0.4 is 15.4 Å². The van der Waals surface area contributed by atoms with Crippen LogP contribution in [0.4, 0.5) is 10.5 Å². The van der Waals surface area contributed by atoms with Crippen molar-refractivity contribution in [1.82, 2.24) is 5.32 Å². The normalized spacial score (nSPS) is 17.0. The van der Waals surface area contributed by atoms with Gasteiger partial charge in [-0.2, -0.15) is 0 Å².